The van der Waals surface area contributed by atoms with Crippen LogP contribution in [0.15, 0.2) is 48.5 Å². The number of aromatic hydroxyl groups is 1. The number of aliphatic carboxylic acids is 1. The molecule has 2 rings (SSSR count). The molecule has 4 nitrogen and oxygen atoms in total. The first kappa shape index (κ1) is 15.7. The summed E-state index contributed by atoms with van der Waals surface area (Å²) in [4.78, 5) is 11.3. The Morgan fingerprint density at radius 2 is 1.73 bits per heavy atom. The van der Waals surface area contributed by atoms with Gasteiger partial charge in [0.1, 0.15) is 11.5 Å². The van der Waals surface area contributed by atoms with E-state index in [4.69, 9.17) is 4.74 Å². The summed E-state index contributed by atoms with van der Waals surface area (Å²) in [5.74, 6) is -1.63. The van der Waals surface area contributed by atoms with Crippen molar-refractivity contribution in [1.29, 1.82) is 0 Å². The summed E-state index contributed by atoms with van der Waals surface area (Å²) in [5.41, 5.74) is -0.734. The van der Waals surface area contributed by atoms with Gasteiger partial charge in [-0.2, -0.15) is 13.2 Å². The minimum atomic E-state index is -4.55. The van der Waals surface area contributed by atoms with Crippen LogP contribution in [0.3, 0.4) is 0 Å². The van der Waals surface area contributed by atoms with E-state index in [9.17, 15) is 28.2 Å². The van der Waals surface area contributed by atoms with Crippen molar-refractivity contribution in [3.05, 3.63) is 59.7 Å². The number of ether oxygens (including phenoxy) is 1. The monoisotopic (exact) mass is 312 g/mol. The number of alkyl halides is 3. The Morgan fingerprint density at radius 3 is 2.27 bits per heavy atom. The minimum Gasteiger partial charge on any atom is -0.508 e. The molecule has 0 radical (unpaired) electrons. The molecule has 0 aromatic heterocycles. The van der Waals surface area contributed by atoms with Crippen LogP contribution in [0, 0.1) is 0 Å². The number of benzene rings is 2. The van der Waals surface area contributed by atoms with Crippen LogP contribution in [0.5, 0.6) is 11.5 Å². The van der Waals surface area contributed by atoms with Crippen molar-refractivity contribution in [2.75, 3.05) is 0 Å². The number of carboxylic acids is 1. The molecule has 0 saturated heterocycles. The van der Waals surface area contributed by atoms with Crippen molar-refractivity contribution in [3.8, 4) is 11.5 Å². The van der Waals surface area contributed by atoms with Crippen molar-refractivity contribution in [3.63, 3.8) is 0 Å². The molecular formula is C15H11F3O4. The molecule has 0 spiro atoms. The van der Waals surface area contributed by atoms with Gasteiger partial charge in [0.05, 0.1) is 5.56 Å². The molecule has 0 bridgehead atoms. The zero-order valence-electron chi connectivity index (χ0n) is 11.0. The molecule has 7 heteroatoms. The summed E-state index contributed by atoms with van der Waals surface area (Å²) in [6, 6.07) is 9.14. The Bertz CT molecular complexity index is 665. The smallest absolute Gasteiger partial charge is 0.416 e. The Balaban J connectivity index is 2.29. The molecule has 0 amide bonds. The van der Waals surface area contributed by atoms with Gasteiger partial charge in [0.15, 0.2) is 0 Å². The fourth-order valence-electron chi connectivity index (χ4n) is 1.79. The van der Waals surface area contributed by atoms with Crippen LogP contribution in [0.2, 0.25) is 0 Å². The summed E-state index contributed by atoms with van der Waals surface area (Å²) in [6.45, 7) is 0. The summed E-state index contributed by atoms with van der Waals surface area (Å²) in [7, 11) is 0. The first-order valence-electron chi connectivity index (χ1n) is 6.13. The number of phenols is 1. The highest BCUT2D eigenvalue weighted by atomic mass is 19.4. The van der Waals surface area contributed by atoms with Gasteiger partial charge in [0.2, 0.25) is 6.10 Å². The number of carbonyl (C=O) groups is 1. The second kappa shape index (κ2) is 5.97. The summed E-state index contributed by atoms with van der Waals surface area (Å²) in [6.07, 6.45) is -6.03. The number of phenolic OH excluding ortho intramolecular Hbond substituents is 1. The SMILES string of the molecule is O=C(O)C(Oc1cccc(C(F)(F)F)c1)c1ccc(O)cc1. The molecular weight excluding hydrogens is 301 g/mol. The van der Waals surface area contributed by atoms with Crippen LogP contribution < -0.4 is 4.74 Å². The van der Waals surface area contributed by atoms with Gasteiger partial charge in [-0.3, -0.25) is 0 Å². The molecule has 2 N–H and O–H groups in total. The van der Waals surface area contributed by atoms with E-state index in [0.717, 1.165) is 18.2 Å². The van der Waals surface area contributed by atoms with Gasteiger partial charge in [-0.1, -0.05) is 18.2 Å². The molecule has 0 saturated carbocycles. The van der Waals surface area contributed by atoms with Crippen molar-refractivity contribution in [2.24, 2.45) is 0 Å². The maximum Gasteiger partial charge on any atom is 0.416 e. The van der Waals surface area contributed by atoms with Gasteiger partial charge >= 0.3 is 12.1 Å². The average molecular weight is 312 g/mol. The zero-order chi connectivity index (χ0) is 16.3. The third kappa shape index (κ3) is 3.69. The van der Waals surface area contributed by atoms with E-state index in [2.05, 4.69) is 0 Å². The van der Waals surface area contributed by atoms with Crippen molar-refractivity contribution in [1.82, 2.24) is 0 Å². The van der Waals surface area contributed by atoms with E-state index in [-0.39, 0.29) is 17.1 Å². The largest absolute Gasteiger partial charge is 0.508 e. The molecule has 22 heavy (non-hydrogen) atoms. The highest BCUT2D eigenvalue weighted by Gasteiger charge is 2.31. The maximum absolute atomic E-state index is 12.6. The lowest BCUT2D eigenvalue weighted by Gasteiger charge is -2.16. The van der Waals surface area contributed by atoms with Crippen molar-refractivity contribution >= 4 is 5.97 Å². The lowest BCUT2D eigenvalue weighted by molar-refractivity contribution is -0.145. The average Bonchev–Trinajstić information content (AvgIpc) is 2.45. The summed E-state index contributed by atoms with van der Waals surface area (Å²) in [5, 5.41) is 18.4. The van der Waals surface area contributed by atoms with Gasteiger partial charge in [0.25, 0.3) is 0 Å². The third-order valence-corrected chi connectivity index (χ3v) is 2.84. The van der Waals surface area contributed by atoms with Crippen molar-refractivity contribution in [2.45, 2.75) is 12.3 Å². The Kier molecular flexibility index (Phi) is 4.25. The number of halogens is 3. The summed E-state index contributed by atoms with van der Waals surface area (Å²) < 4.78 is 43.1. The maximum atomic E-state index is 12.6. The highest BCUT2D eigenvalue weighted by molar-refractivity contribution is 5.75. The molecule has 2 aromatic carbocycles. The first-order chi connectivity index (χ1) is 10.3. The number of carboxylic acid groups (broad SMARTS) is 1. The minimum absolute atomic E-state index is 0.0630. The molecule has 116 valence electrons. The predicted octanol–water partition coefficient (Wildman–Crippen LogP) is 3.62. The first-order valence-corrected chi connectivity index (χ1v) is 6.13. The lowest BCUT2D eigenvalue weighted by atomic mass is 10.1. The Morgan fingerprint density at radius 1 is 1.09 bits per heavy atom. The van der Waals surface area contributed by atoms with Gasteiger partial charge in [-0.05, 0) is 30.3 Å². The van der Waals surface area contributed by atoms with E-state index in [1.807, 2.05) is 0 Å². The normalized spacial score (nSPS) is 12.7. The van der Waals surface area contributed by atoms with Gasteiger partial charge in [-0.25, -0.2) is 4.79 Å². The second-order valence-electron chi connectivity index (χ2n) is 4.45. The van der Waals surface area contributed by atoms with Crippen LogP contribution in [0.25, 0.3) is 0 Å². The van der Waals surface area contributed by atoms with E-state index in [1.54, 1.807) is 0 Å². The molecule has 2 aromatic rings. The molecule has 0 heterocycles. The van der Waals surface area contributed by atoms with Crippen LogP contribution in [0.1, 0.15) is 17.2 Å². The van der Waals surface area contributed by atoms with Crippen LogP contribution >= 0.6 is 0 Å². The molecule has 1 atom stereocenters. The fraction of sp³-hybridized carbons (Fsp3) is 0.133. The molecule has 0 aliphatic rings. The van der Waals surface area contributed by atoms with Gasteiger partial charge in [0, 0.05) is 5.56 Å². The van der Waals surface area contributed by atoms with Crippen LogP contribution in [-0.2, 0) is 11.0 Å². The van der Waals surface area contributed by atoms with Gasteiger partial charge < -0.3 is 14.9 Å². The lowest BCUT2D eigenvalue weighted by Crippen LogP contribution is -2.18. The van der Waals surface area contributed by atoms with E-state index < -0.39 is 23.8 Å². The molecule has 1 unspecified atom stereocenters. The van der Waals surface area contributed by atoms with E-state index in [1.165, 1.54) is 30.3 Å². The van der Waals surface area contributed by atoms with E-state index in [0.29, 0.717) is 0 Å². The Labute approximate surface area is 123 Å². The summed E-state index contributed by atoms with van der Waals surface area (Å²) >= 11 is 0. The zero-order valence-corrected chi connectivity index (χ0v) is 11.0. The topological polar surface area (TPSA) is 66.8 Å². The quantitative estimate of drug-likeness (QED) is 0.905. The van der Waals surface area contributed by atoms with Gasteiger partial charge in [-0.15, -0.1) is 0 Å². The van der Waals surface area contributed by atoms with E-state index >= 15 is 0 Å². The number of rotatable bonds is 4. The molecule has 0 fully saturated rings. The molecule has 0 aliphatic heterocycles. The predicted molar refractivity (Wildman–Crippen MR) is 70.6 cm³/mol. The highest BCUT2D eigenvalue weighted by Crippen LogP contribution is 2.32. The van der Waals surface area contributed by atoms with Crippen molar-refractivity contribution < 1.29 is 32.9 Å². The standard InChI is InChI=1S/C15H11F3O4/c16-15(17,18)10-2-1-3-12(8-10)22-13(14(20)21)9-4-6-11(19)7-5-9/h1-8,13,19H,(H,20,21). The van der Waals surface area contributed by atoms with Crippen LogP contribution in [-0.4, -0.2) is 16.2 Å². The number of hydrogen-bond acceptors (Lipinski definition) is 3. The fourth-order valence-corrected chi connectivity index (χ4v) is 1.79. The third-order valence-electron chi connectivity index (χ3n) is 2.84. The second-order valence-corrected chi connectivity index (χ2v) is 4.45. The molecule has 0 aliphatic carbocycles. The Hall–Kier alpha value is -2.70. The number of hydrogen-bond donors (Lipinski definition) is 2. The van der Waals surface area contributed by atoms with Crippen LogP contribution in [0.4, 0.5) is 13.2 Å².